The van der Waals surface area contributed by atoms with E-state index in [9.17, 15) is 10.2 Å². The van der Waals surface area contributed by atoms with E-state index in [1.165, 1.54) is 32.1 Å². The van der Waals surface area contributed by atoms with Crippen LogP contribution in [0.2, 0.25) is 0 Å². The molecule has 3 saturated heterocycles. The van der Waals surface area contributed by atoms with Crippen LogP contribution >= 0.6 is 0 Å². The number of piperidine rings is 1. The monoisotopic (exact) mass is 359 g/mol. The van der Waals surface area contributed by atoms with Crippen LogP contribution in [0.5, 0.6) is 0 Å². The molecular weight excluding hydrogens is 326 g/mol. The fourth-order valence-corrected chi connectivity index (χ4v) is 9.30. The van der Waals surface area contributed by atoms with Crippen molar-refractivity contribution >= 4 is 0 Å². The third-order valence-electron chi connectivity index (χ3n) is 10.1. The molecule has 8 aliphatic rings. The normalized spacial score (nSPS) is 60.2. The van der Waals surface area contributed by atoms with Crippen molar-refractivity contribution < 1.29 is 14.9 Å². The summed E-state index contributed by atoms with van der Waals surface area (Å²) in [4.78, 5) is 2.47. The molecule has 4 heteroatoms. The van der Waals surface area contributed by atoms with E-state index in [1.54, 1.807) is 0 Å². The van der Waals surface area contributed by atoms with Crippen molar-refractivity contribution in [3.8, 4) is 0 Å². The van der Waals surface area contributed by atoms with Gasteiger partial charge in [0.2, 0.25) is 0 Å². The number of nitrogens with zero attached hydrogens (tertiary/aromatic N) is 1. The lowest BCUT2D eigenvalue weighted by Crippen LogP contribution is -2.82. The maximum atomic E-state index is 11.3. The molecule has 0 aromatic carbocycles. The third-order valence-corrected chi connectivity index (χ3v) is 10.1. The molecule has 7 bridgehead atoms. The minimum atomic E-state index is -0.373. The maximum Gasteiger partial charge on any atom is 0.117 e. The van der Waals surface area contributed by atoms with E-state index < -0.39 is 0 Å². The van der Waals surface area contributed by atoms with Crippen molar-refractivity contribution in [2.75, 3.05) is 19.7 Å². The summed E-state index contributed by atoms with van der Waals surface area (Å²) in [6, 6.07) is 0. The van der Waals surface area contributed by atoms with Gasteiger partial charge < -0.3 is 14.9 Å². The van der Waals surface area contributed by atoms with Gasteiger partial charge in [0, 0.05) is 23.9 Å². The fraction of sp³-hybridized carbons (Fsp3) is 0.909. The molecule has 0 radical (unpaired) electrons. The number of hydrogen-bond acceptors (Lipinski definition) is 4. The van der Waals surface area contributed by atoms with Crippen LogP contribution in [0.1, 0.15) is 51.9 Å². The second-order valence-electron chi connectivity index (χ2n) is 10.7. The summed E-state index contributed by atoms with van der Waals surface area (Å²) >= 11 is 0. The summed E-state index contributed by atoms with van der Waals surface area (Å²) in [5.41, 5.74) is 1.53. The number of rotatable bonds is 2. The van der Waals surface area contributed by atoms with Crippen LogP contribution in [-0.2, 0) is 4.74 Å². The summed E-state index contributed by atoms with van der Waals surface area (Å²) in [5, 5.41) is 21.0. The van der Waals surface area contributed by atoms with Crippen LogP contribution < -0.4 is 0 Å². The summed E-state index contributed by atoms with van der Waals surface area (Å²) in [6.07, 6.45) is 8.43. The fourth-order valence-electron chi connectivity index (χ4n) is 9.30. The first kappa shape index (κ1) is 16.5. The van der Waals surface area contributed by atoms with Crippen molar-refractivity contribution in [1.82, 2.24) is 4.90 Å². The van der Waals surface area contributed by atoms with Crippen LogP contribution in [0.3, 0.4) is 0 Å². The SMILES string of the molecule is C=C1[C@H]2CC[C@]3([C@@H](C2)[C@@]24CCC[C@]5(C)CN(CCO)[C@@H]2O[C@@H]3C[C@H]54)[C@@H]1O. The molecule has 144 valence electrons. The summed E-state index contributed by atoms with van der Waals surface area (Å²) in [7, 11) is 0. The molecule has 8 rings (SSSR count). The number of ether oxygens (including phenoxy) is 1. The minimum absolute atomic E-state index is 0.0840. The van der Waals surface area contributed by atoms with Crippen LogP contribution in [-0.4, -0.2) is 53.2 Å². The summed E-state index contributed by atoms with van der Waals surface area (Å²) in [5.74, 6) is 1.79. The number of likely N-dealkylation sites (tertiary alicyclic amines) is 1. The maximum absolute atomic E-state index is 11.3. The quantitative estimate of drug-likeness (QED) is 0.744. The van der Waals surface area contributed by atoms with Gasteiger partial charge in [0.25, 0.3) is 0 Å². The van der Waals surface area contributed by atoms with Crippen LogP contribution in [0.25, 0.3) is 0 Å². The van der Waals surface area contributed by atoms with Crippen molar-refractivity contribution in [1.29, 1.82) is 0 Å². The number of aliphatic hydroxyl groups is 2. The Morgan fingerprint density at radius 1 is 1.19 bits per heavy atom. The lowest BCUT2D eigenvalue weighted by molar-refractivity contribution is -0.405. The Kier molecular flexibility index (Phi) is 3.14. The van der Waals surface area contributed by atoms with Gasteiger partial charge in [-0.15, -0.1) is 0 Å². The van der Waals surface area contributed by atoms with Crippen molar-refractivity contribution in [3.63, 3.8) is 0 Å². The lowest BCUT2D eigenvalue weighted by atomic mass is 9.32. The zero-order chi connectivity index (χ0) is 17.9. The first-order valence-electron chi connectivity index (χ1n) is 10.8. The highest BCUT2D eigenvalue weighted by Gasteiger charge is 2.78. The Morgan fingerprint density at radius 2 is 2.04 bits per heavy atom. The zero-order valence-corrected chi connectivity index (χ0v) is 16.0. The molecule has 2 N–H and O–H groups in total. The van der Waals surface area contributed by atoms with E-state index in [0.29, 0.717) is 17.3 Å². The van der Waals surface area contributed by atoms with E-state index in [1.807, 2.05) is 0 Å². The Labute approximate surface area is 156 Å². The smallest absolute Gasteiger partial charge is 0.117 e. The molecule has 0 aromatic rings. The van der Waals surface area contributed by atoms with Crippen LogP contribution in [0, 0.1) is 34.0 Å². The minimum Gasteiger partial charge on any atom is -0.395 e. The molecule has 5 saturated carbocycles. The molecule has 3 aliphatic heterocycles. The van der Waals surface area contributed by atoms with Gasteiger partial charge in [0.15, 0.2) is 0 Å². The summed E-state index contributed by atoms with van der Waals surface area (Å²) < 4.78 is 6.86. The molecule has 0 unspecified atom stereocenters. The van der Waals surface area contributed by atoms with Crippen LogP contribution in [0.15, 0.2) is 12.2 Å². The van der Waals surface area contributed by atoms with Gasteiger partial charge >= 0.3 is 0 Å². The average Bonchev–Trinajstić information content (AvgIpc) is 2.63. The second-order valence-corrected chi connectivity index (χ2v) is 10.7. The molecule has 2 spiro atoms. The third kappa shape index (κ3) is 1.57. The topological polar surface area (TPSA) is 52.9 Å². The highest BCUT2D eigenvalue weighted by atomic mass is 16.5. The largest absolute Gasteiger partial charge is 0.395 e. The molecule has 8 fully saturated rings. The van der Waals surface area contributed by atoms with Gasteiger partial charge in [-0.2, -0.15) is 0 Å². The molecule has 5 aliphatic carbocycles. The molecule has 0 aromatic heterocycles. The molecule has 3 heterocycles. The van der Waals surface area contributed by atoms with E-state index >= 15 is 0 Å². The van der Waals surface area contributed by atoms with E-state index in [0.717, 1.165) is 37.4 Å². The van der Waals surface area contributed by atoms with Gasteiger partial charge in [0.1, 0.15) is 6.23 Å². The van der Waals surface area contributed by atoms with Gasteiger partial charge in [-0.3, -0.25) is 4.90 Å². The molecule has 0 amide bonds. The van der Waals surface area contributed by atoms with Gasteiger partial charge in [-0.05, 0) is 67.3 Å². The Balaban J connectivity index is 1.53. The Morgan fingerprint density at radius 3 is 2.85 bits per heavy atom. The van der Waals surface area contributed by atoms with Gasteiger partial charge in [0.05, 0.1) is 18.8 Å². The number of aliphatic hydroxyl groups excluding tert-OH is 2. The number of β-amino-alcohol motifs (C(OH)–C–C–N with tert-alkyl or cyclic N) is 1. The zero-order valence-electron chi connectivity index (χ0n) is 16.0. The van der Waals surface area contributed by atoms with E-state index in [2.05, 4.69) is 18.4 Å². The first-order valence-corrected chi connectivity index (χ1v) is 10.8. The molecular formula is C22H33NO3. The van der Waals surface area contributed by atoms with Crippen molar-refractivity contribution in [2.45, 2.75) is 70.3 Å². The van der Waals surface area contributed by atoms with Gasteiger partial charge in [-0.1, -0.05) is 19.9 Å². The summed E-state index contributed by atoms with van der Waals surface area (Å²) in [6.45, 7) is 8.80. The Bertz CT molecular complexity index is 666. The predicted octanol–water partition coefficient (Wildman–Crippen LogP) is 2.55. The molecule has 26 heavy (non-hydrogen) atoms. The lowest BCUT2D eigenvalue weighted by Gasteiger charge is -2.79. The van der Waals surface area contributed by atoms with Gasteiger partial charge in [-0.25, -0.2) is 0 Å². The molecule has 9 atom stereocenters. The standard InChI is InChI=1S/C22H33NO3/c1-13-14-4-7-22(18(13)25)16(10-14)21-6-3-5-20(2)12-23(8-9-24)19(21)26-17(22)11-15(20)21/h14-19,24-25H,1,3-12H2,2H3/t14-,15+,16-,17+,18+,19+,20+,21-,22+/m0/s1. The Hall–Kier alpha value is -0.420. The van der Waals surface area contributed by atoms with Crippen LogP contribution in [0.4, 0.5) is 0 Å². The second kappa shape index (κ2) is 4.94. The first-order chi connectivity index (χ1) is 12.5. The predicted molar refractivity (Wildman–Crippen MR) is 98.2 cm³/mol. The average molecular weight is 360 g/mol. The highest BCUT2D eigenvalue weighted by molar-refractivity contribution is 5.32. The van der Waals surface area contributed by atoms with Crippen molar-refractivity contribution in [2.24, 2.45) is 34.0 Å². The highest BCUT2D eigenvalue weighted by Crippen LogP contribution is 2.78. The molecule has 4 nitrogen and oxygen atoms in total. The van der Waals surface area contributed by atoms with Crippen molar-refractivity contribution in [3.05, 3.63) is 12.2 Å². The number of fused-ring (bicyclic) bond motifs is 2. The van der Waals surface area contributed by atoms with E-state index in [4.69, 9.17) is 4.74 Å². The van der Waals surface area contributed by atoms with E-state index in [-0.39, 0.29) is 35.9 Å². The number of hydrogen-bond donors (Lipinski definition) is 2.